The zero-order valence-corrected chi connectivity index (χ0v) is 12.6. The van der Waals surface area contributed by atoms with Gasteiger partial charge in [-0.25, -0.2) is 8.42 Å². The summed E-state index contributed by atoms with van der Waals surface area (Å²) in [5.41, 5.74) is 1.73. The first-order valence-corrected chi connectivity index (χ1v) is 7.62. The van der Waals surface area contributed by atoms with Crippen molar-refractivity contribution in [2.45, 2.75) is 57.6 Å². The third kappa shape index (κ3) is 2.36. The zero-order chi connectivity index (χ0) is 14.2. The van der Waals surface area contributed by atoms with Crippen LogP contribution in [0, 0.1) is 13.8 Å². The lowest BCUT2D eigenvalue weighted by Gasteiger charge is -2.17. The van der Waals surface area contributed by atoms with Crippen LogP contribution >= 0.6 is 0 Å². The molecule has 0 aliphatic rings. The topological polar surface area (TPSA) is 67.0 Å². The normalized spacial score (nSPS) is 12.4. The van der Waals surface area contributed by atoms with Crippen LogP contribution < -0.4 is 5.56 Å². The van der Waals surface area contributed by atoms with Gasteiger partial charge in [-0.3, -0.25) is 4.79 Å². The van der Waals surface area contributed by atoms with E-state index < -0.39 is 20.6 Å². The van der Waals surface area contributed by atoms with Gasteiger partial charge in [-0.15, -0.1) is 0 Å². The summed E-state index contributed by atoms with van der Waals surface area (Å²) in [5.74, 6) is 0.169. The average molecular weight is 271 g/mol. The van der Waals surface area contributed by atoms with Gasteiger partial charge >= 0.3 is 0 Å². The molecule has 0 amide bonds. The van der Waals surface area contributed by atoms with Crippen molar-refractivity contribution in [1.29, 1.82) is 0 Å². The highest BCUT2D eigenvalue weighted by Gasteiger charge is 2.27. The monoisotopic (exact) mass is 271 g/mol. The Morgan fingerprint density at radius 2 is 1.56 bits per heavy atom. The van der Waals surface area contributed by atoms with Crippen LogP contribution in [0.2, 0.25) is 0 Å². The molecule has 1 aromatic heterocycles. The van der Waals surface area contributed by atoms with Crippen LogP contribution in [-0.2, 0) is 9.84 Å². The van der Waals surface area contributed by atoms with Gasteiger partial charge in [0.25, 0.3) is 5.56 Å². The summed E-state index contributed by atoms with van der Waals surface area (Å²) in [4.78, 5) is 14.5. The van der Waals surface area contributed by atoms with Gasteiger partial charge in [-0.1, -0.05) is 13.8 Å². The van der Waals surface area contributed by atoms with Gasteiger partial charge < -0.3 is 4.98 Å². The van der Waals surface area contributed by atoms with Crippen molar-refractivity contribution >= 4 is 9.84 Å². The van der Waals surface area contributed by atoms with E-state index in [1.54, 1.807) is 27.7 Å². The van der Waals surface area contributed by atoms with E-state index in [1.807, 2.05) is 13.8 Å². The molecule has 0 aliphatic heterocycles. The van der Waals surface area contributed by atoms with Gasteiger partial charge in [0.05, 0.1) is 5.25 Å². The standard InChI is InChI=1S/C13H21NO3S/c1-7(2)11-9(5)12(13(15)14-10(11)6)18(16,17)8(3)4/h7-8H,1-6H3,(H,14,15). The Bertz CT molecular complexity index is 610. The molecule has 0 radical (unpaired) electrons. The summed E-state index contributed by atoms with van der Waals surface area (Å²) in [6.07, 6.45) is 0. The molecule has 0 bridgehead atoms. The zero-order valence-electron chi connectivity index (χ0n) is 11.8. The maximum atomic E-state index is 12.2. The molecule has 4 nitrogen and oxygen atoms in total. The second-order valence-electron chi connectivity index (χ2n) is 5.20. The predicted octanol–water partition coefficient (Wildman–Crippen LogP) is 2.30. The lowest BCUT2D eigenvalue weighted by Crippen LogP contribution is -2.27. The Morgan fingerprint density at radius 1 is 1.06 bits per heavy atom. The number of hydrogen-bond donors (Lipinski definition) is 1. The SMILES string of the molecule is Cc1[nH]c(=O)c(S(=O)(=O)C(C)C)c(C)c1C(C)C. The molecule has 102 valence electrons. The third-order valence-electron chi connectivity index (χ3n) is 3.14. The van der Waals surface area contributed by atoms with Crippen LogP contribution in [0.25, 0.3) is 0 Å². The largest absolute Gasteiger partial charge is 0.325 e. The van der Waals surface area contributed by atoms with E-state index in [2.05, 4.69) is 4.98 Å². The van der Waals surface area contributed by atoms with Crippen molar-refractivity contribution in [2.75, 3.05) is 0 Å². The number of rotatable bonds is 3. The Hall–Kier alpha value is -1.10. The van der Waals surface area contributed by atoms with E-state index in [0.717, 1.165) is 11.3 Å². The minimum atomic E-state index is -3.55. The summed E-state index contributed by atoms with van der Waals surface area (Å²) in [6, 6.07) is 0. The van der Waals surface area contributed by atoms with E-state index >= 15 is 0 Å². The molecular formula is C13H21NO3S. The van der Waals surface area contributed by atoms with Gasteiger partial charge in [0.2, 0.25) is 0 Å². The number of hydrogen-bond acceptors (Lipinski definition) is 3. The smallest absolute Gasteiger partial charge is 0.267 e. The van der Waals surface area contributed by atoms with Gasteiger partial charge in [0.15, 0.2) is 9.84 Å². The number of aromatic nitrogens is 1. The molecule has 1 heterocycles. The molecular weight excluding hydrogens is 250 g/mol. The molecule has 0 fully saturated rings. The predicted molar refractivity (Wildman–Crippen MR) is 72.9 cm³/mol. The van der Waals surface area contributed by atoms with E-state index in [4.69, 9.17) is 0 Å². The highest BCUT2D eigenvalue weighted by Crippen LogP contribution is 2.26. The minimum absolute atomic E-state index is 0.0770. The highest BCUT2D eigenvalue weighted by molar-refractivity contribution is 7.92. The van der Waals surface area contributed by atoms with Crippen molar-refractivity contribution in [3.8, 4) is 0 Å². The van der Waals surface area contributed by atoms with Crippen molar-refractivity contribution in [1.82, 2.24) is 4.98 Å². The second-order valence-corrected chi connectivity index (χ2v) is 7.64. The number of nitrogens with one attached hydrogen (secondary N) is 1. The van der Waals surface area contributed by atoms with Crippen LogP contribution in [0.5, 0.6) is 0 Å². The Labute approximate surface area is 108 Å². The molecule has 5 heteroatoms. The molecule has 0 atom stereocenters. The number of aromatic amines is 1. The van der Waals surface area contributed by atoms with Gasteiger partial charge in [-0.2, -0.15) is 0 Å². The summed E-state index contributed by atoms with van der Waals surface area (Å²) in [6.45, 7) is 10.7. The lowest BCUT2D eigenvalue weighted by atomic mass is 9.97. The highest BCUT2D eigenvalue weighted by atomic mass is 32.2. The van der Waals surface area contributed by atoms with Crippen molar-refractivity contribution < 1.29 is 8.42 Å². The summed E-state index contributed by atoms with van der Waals surface area (Å²) in [7, 11) is -3.55. The van der Waals surface area contributed by atoms with Gasteiger partial charge in [-0.05, 0) is 44.7 Å². The van der Waals surface area contributed by atoms with E-state index in [0.29, 0.717) is 5.56 Å². The fourth-order valence-corrected chi connectivity index (χ4v) is 3.63. The molecule has 0 unspecified atom stereocenters. The van der Waals surface area contributed by atoms with Crippen LogP contribution in [0.3, 0.4) is 0 Å². The first-order chi connectivity index (χ1) is 8.10. The molecule has 1 rings (SSSR count). The molecule has 0 aliphatic carbocycles. The third-order valence-corrected chi connectivity index (χ3v) is 5.44. The number of H-pyrrole nitrogens is 1. The van der Waals surface area contributed by atoms with Crippen LogP contribution in [0.15, 0.2) is 9.69 Å². The molecule has 18 heavy (non-hydrogen) atoms. The van der Waals surface area contributed by atoms with Crippen molar-refractivity contribution in [3.05, 3.63) is 27.2 Å². The molecule has 0 aromatic carbocycles. The van der Waals surface area contributed by atoms with E-state index in [9.17, 15) is 13.2 Å². The fourth-order valence-electron chi connectivity index (χ4n) is 2.31. The molecule has 0 saturated heterocycles. The van der Waals surface area contributed by atoms with Crippen LogP contribution in [-0.4, -0.2) is 18.7 Å². The minimum Gasteiger partial charge on any atom is -0.325 e. The maximum absolute atomic E-state index is 12.2. The average Bonchev–Trinajstić information content (AvgIpc) is 2.14. The van der Waals surface area contributed by atoms with Gasteiger partial charge in [0, 0.05) is 5.69 Å². The van der Waals surface area contributed by atoms with Crippen molar-refractivity contribution in [3.63, 3.8) is 0 Å². The lowest BCUT2D eigenvalue weighted by molar-refractivity contribution is 0.584. The summed E-state index contributed by atoms with van der Waals surface area (Å²) in [5, 5.41) is -0.597. The van der Waals surface area contributed by atoms with Crippen LogP contribution in [0.1, 0.15) is 50.4 Å². The fraction of sp³-hybridized carbons (Fsp3) is 0.615. The molecule has 0 spiro atoms. The number of aryl methyl sites for hydroxylation is 1. The molecule has 1 N–H and O–H groups in total. The van der Waals surface area contributed by atoms with Crippen LogP contribution in [0.4, 0.5) is 0 Å². The number of sulfone groups is 1. The van der Waals surface area contributed by atoms with Crippen molar-refractivity contribution in [2.24, 2.45) is 0 Å². The maximum Gasteiger partial charge on any atom is 0.267 e. The number of pyridine rings is 1. The second kappa shape index (κ2) is 4.88. The van der Waals surface area contributed by atoms with Gasteiger partial charge in [0.1, 0.15) is 4.90 Å². The first kappa shape index (κ1) is 15.0. The summed E-state index contributed by atoms with van der Waals surface area (Å²) < 4.78 is 24.5. The molecule has 0 saturated carbocycles. The molecule has 1 aromatic rings. The Morgan fingerprint density at radius 3 is 1.94 bits per heavy atom. The quantitative estimate of drug-likeness (QED) is 0.917. The Kier molecular flexibility index (Phi) is 4.05. The van der Waals surface area contributed by atoms with E-state index in [1.165, 1.54) is 0 Å². The summed E-state index contributed by atoms with van der Waals surface area (Å²) >= 11 is 0. The van der Waals surface area contributed by atoms with E-state index in [-0.39, 0.29) is 10.8 Å². The Balaban J connectivity index is 3.78. The first-order valence-electron chi connectivity index (χ1n) is 6.08.